The van der Waals surface area contributed by atoms with Crippen molar-refractivity contribution in [3.8, 4) is 17.0 Å². The Morgan fingerprint density at radius 2 is 1.79 bits per heavy atom. The zero-order valence-electron chi connectivity index (χ0n) is 24.7. The van der Waals surface area contributed by atoms with E-state index in [0.717, 1.165) is 22.1 Å². The monoisotopic (exact) mass is 569 g/mol. The molecule has 0 aliphatic heterocycles. The van der Waals surface area contributed by atoms with Gasteiger partial charge in [-0.05, 0) is 56.9 Å². The second kappa shape index (κ2) is 11.2. The largest absolute Gasteiger partial charge is 0.496 e. The third-order valence-corrected chi connectivity index (χ3v) is 6.98. The number of fused-ring (bicyclic) bond motifs is 2. The number of ether oxygens (including phenoxy) is 2. The second-order valence-corrected chi connectivity index (χ2v) is 11.4. The van der Waals surface area contributed by atoms with Crippen molar-refractivity contribution in [2.75, 3.05) is 18.6 Å². The summed E-state index contributed by atoms with van der Waals surface area (Å²) in [5.41, 5.74) is 3.57. The van der Waals surface area contributed by atoms with Crippen LogP contribution in [0.5, 0.6) is 5.75 Å². The van der Waals surface area contributed by atoms with Crippen LogP contribution in [0.4, 0.5) is 15.4 Å². The zero-order chi connectivity index (χ0) is 30.2. The molecular weight excluding hydrogens is 534 g/mol. The van der Waals surface area contributed by atoms with E-state index >= 15 is 0 Å². The Morgan fingerprint density at radius 3 is 2.48 bits per heavy atom. The van der Waals surface area contributed by atoms with E-state index in [0.29, 0.717) is 34.8 Å². The number of amides is 1. The molecule has 3 aromatic heterocycles. The summed E-state index contributed by atoms with van der Waals surface area (Å²) in [6.07, 6.45) is 2.12. The highest BCUT2D eigenvalue weighted by Crippen LogP contribution is 2.34. The molecule has 0 unspecified atom stereocenters. The number of hydrogen-bond acceptors (Lipinski definition) is 6. The predicted octanol–water partition coefficient (Wildman–Crippen LogP) is 6.99. The van der Waals surface area contributed by atoms with Gasteiger partial charge in [0.1, 0.15) is 17.2 Å². The first-order chi connectivity index (χ1) is 20.0. The third-order valence-electron chi connectivity index (χ3n) is 6.98. The summed E-state index contributed by atoms with van der Waals surface area (Å²) < 4.78 is 14.4. The Balaban J connectivity index is 1.67. The van der Waals surface area contributed by atoms with Crippen LogP contribution in [0.15, 0.2) is 67.0 Å². The predicted molar refractivity (Wildman–Crippen MR) is 162 cm³/mol. The van der Waals surface area contributed by atoms with Crippen LogP contribution in [0.3, 0.4) is 0 Å². The summed E-state index contributed by atoms with van der Waals surface area (Å²) in [5, 5.41) is 15.2. The minimum absolute atomic E-state index is 0.132. The van der Waals surface area contributed by atoms with Crippen molar-refractivity contribution in [1.82, 2.24) is 19.2 Å². The molecule has 218 valence electrons. The molecule has 5 aromatic rings. The summed E-state index contributed by atoms with van der Waals surface area (Å²) in [4.78, 5) is 32.3. The highest BCUT2D eigenvalue weighted by atomic mass is 16.6. The number of anilines is 1. The van der Waals surface area contributed by atoms with E-state index in [-0.39, 0.29) is 12.5 Å². The van der Waals surface area contributed by atoms with Gasteiger partial charge in [-0.2, -0.15) is 9.61 Å². The van der Waals surface area contributed by atoms with Gasteiger partial charge in [0.15, 0.2) is 5.65 Å². The lowest BCUT2D eigenvalue weighted by atomic mass is 10.1. The number of aromatic nitrogens is 4. The number of hydrogen-bond donors (Lipinski definition) is 1. The van der Waals surface area contributed by atoms with Gasteiger partial charge in [0.2, 0.25) is 0 Å². The highest BCUT2D eigenvalue weighted by molar-refractivity contribution is 5.92. The molecule has 0 spiro atoms. The Kier molecular flexibility index (Phi) is 7.64. The second-order valence-electron chi connectivity index (χ2n) is 11.4. The Morgan fingerprint density at radius 1 is 1.07 bits per heavy atom. The number of carbonyl (C=O) groups excluding carboxylic acids is 1. The summed E-state index contributed by atoms with van der Waals surface area (Å²) >= 11 is 0. The molecular formula is C32H35N5O5. The Bertz CT molecular complexity index is 1780. The van der Waals surface area contributed by atoms with Crippen molar-refractivity contribution in [3.63, 3.8) is 0 Å². The molecule has 10 heteroatoms. The molecule has 1 N–H and O–H groups in total. The number of methoxy groups -OCH3 is 1. The lowest BCUT2D eigenvalue weighted by Gasteiger charge is -2.28. The van der Waals surface area contributed by atoms with E-state index in [4.69, 9.17) is 14.5 Å². The molecule has 0 fully saturated rings. The molecule has 0 radical (unpaired) electrons. The smallest absolute Gasteiger partial charge is 0.416 e. The van der Waals surface area contributed by atoms with Crippen molar-refractivity contribution < 1.29 is 24.2 Å². The van der Waals surface area contributed by atoms with Crippen LogP contribution in [0.2, 0.25) is 0 Å². The first-order valence-corrected chi connectivity index (χ1v) is 13.8. The fraction of sp³-hybridized carbons (Fsp3) is 0.312. The molecule has 0 aliphatic rings. The normalized spacial score (nSPS) is 11.8. The number of carbonyl (C=O) groups is 2. The SMILES string of the molecule is COc1ccccc1-c1cc(N(CCc2cn(C(=O)O)c3ccccc23)C(=O)OC(C)(C)C)n2ncc(C(C)C)c2n1. The van der Waals surface area contributed by atoms with Crippen molar-refractivity contribution >= 4 is 34.6 Å². The van der Waals surface area contributed by atoms with Gasteiger partial charge in [-0.15, -0.1) is 0 Å². The van der Waals surface area contributed by atoms with Crippen LogP contribution in [0.1, 0.15) is 51.7 Å². The van der Waals surface area contributed by atoms with Crippen LogP contribution in [-0.4, -0.2) is 55.7 Å². The van der Waals surface area contributed by atoms with E-state index < -0.39 is 17.8 Å². The molecule has 1 amide bonds. The Labute approximate surface area is 244 Å². The average Bonchev–Trinajstić information content (AvgIpc) is 3.54. The maximum Gasteiger partial charge on any atom is 0.416 e. The van der Waals surface area contributed by atoms with E-state index in [1.165, 1.54) is 4.57 Å². The van der Waals surface area contributed by atoms with Crippen LogP contribution in [-0.2, 0) is 11.2 Å². The number of benzene rings is 2. The van der Waals surface area contributed by atoms with Gasteiger partial charge < -0.3 is 14.6 Å². The standard InChI is InChI=1S/C32H35N5O5/c1-20(2)24-18-33-37-28(17-25(34-29(24)37)23-12-8-10-14-27(23)41-6)35(31(40)42-32(3,4)5)16-15-21-19-36(30(38)39)26-13-9-7-11-22(21)26/h7-14,17-20H,15-16H2,1-6H3,(H,38,39). The van der Waals surface area contributed by atoms with E-state index in [2.05, 4.69) is 18.9 Å². The van der Waals surface area contributed by atoms with Gasteiger partial charge in [-0.3, -0.25) is 9.47 Å². The average molecular weight is 570 g/mol. The van der Waals surface area contributed by atoms with Crippen LogP contribution >= 0.6 is 0 Å². The summed E-state index contributed by atoms with van der Waals surface area (Å²) in [7, 11) is 1.61. The van der Waals surface area contributed by atoms with Crippen molar-refractivity contribution in [3.05, 3.63) is 78.1 Å². The minimum atomic E-state index is -1.07. The molecule has 42 heavy (non-hydrogen) atoms. The quantitative estimate of drug-likeness (QED) is 0.225. The maximum atomic E-state index is 13.8. The van der Waals surface area contributed by atoms with Gasteiger partial charge in [0.05, 0.1) is 24.5 Å². The number of nitrogens with zero attached hydrogens (tertiary/aromatic N) is 5. The fourth-order valence-corrected chi connectivity index (χ4v) is 5.01. The number of carboxylic acid groups (broad SMARTS) is 1. The van der Waals surface area contributed by atoms with Crippen LogP contribution in [0, 0.1) is 0 Å². The van der Waals surface area contributed by atoms with Gasteiger partial charge in [0.25, 0.3) is 0 Å². The summed E-state index contributed by atoms with van der Waals surface area (Å²) in [6.45, 7) is 9.78. The van der Waals surface area contributed by atoms with E-state index in [1.807, 2.05) is 63.2 Å². The number of rotatable bonds is 7. The summed E-state index contributed by atoms with van der Waals surface area (Å²) in [6, 6.07) is 16.7. The lowest BCUT2D eigenvalue weighted by Crippen LogP contribution is -2.39. The third kappa shape index (κ3) is 5.52. The number of para-hydroxylation sites is 2. The van der Waals surface area contributed by atoms with Crippen LogP contribution in [0.25, 0.3) is 27.8 Å². The molecule has 0 atom stereocenters. The molecule has 0 saturated heterocycles. The molecule has 2 aromatic carbocycles. The van der Waals surface area contributed by atoms with Gasteiger partial charge in [-0.1, -0.05) is 44.2 Å². The van der Waals surface area contributed by atoms with Gasteiger partial charge in [0, 0.05) is 35.3 Å². The van der Waals surface area contributed by atoms with Crippen molar-refractivity contribution in [2.24, 2.45) is 0 Å². The van der Waals surface area contributed by atoms with Gasteiger partial charge in [-0.25, -0.2) is 14.6 Å². The first-order valence-electron chi connectivity index (χ1n) is 13.8. The van der Waals surface area contributed by atoms with E-state index in [1.54, 1.807) is 41.1 Å². The Hall–Kier alpha value is -4.86. The fourth-order valence-electron chi connectivity index (χ4n) is 5.01. The molecule has 3 heterocycles. The lowest BCUT2D eigenvalue weighted by molar-refractivity contribution is 0.0579. The van der Waals surface area contributed by atoms with E-state index in [9.17, 15) is 14.7 Å². The van der Waals surface area contributed by atoms with Crippen molar-refractivity contribution in [2.45, 2.75) is 52.6 Å². The first kappa shape index (κ1) is 28.7. The summed E-state index contributed by atoms with van der Waals surface area (Å²) in [5.74, 6) is 1.26. The van der Waals surface area contributed by atoms with Crippen molar-refractivity contribution in [1.29, 1.82) is 0 Å². The molecule has 10 nitrogen and oxygen atoms in total. The molecule has 0 bridgehead atoms. The molecule has 0 saturated carbocycles. The van der Waals surface area contributed by atoms with Gasteiger partial charge >= 0.3 is 12.2 Å². The zero-order valence-corrected chi connectivity index (χ0v) is 24.7. The maximum absolute atomic E-state index is 13.8. The molecule has 5 rings (SSSR count). The highest BCUT2D eigenvalue weighted by Gasteiger charge is 2.28. The minimum Gasteiger partial charge on any atom is -0.496 e. The molecule has 0 aliphatic carbocycles. The van der Waals surface area contributed by atoms with Crippen LogP contribution < -0.4 is 9.64 Å². The topological polar surface area (TPSA) is 111 Å².